The van der Waals surface area contributed by atoms with Gasteiger partial charge in [0.25, 0.3) is 11.8 Å². The summed E-state index contributed by atoms with van der Waals surface area (Å²) in [6.45, 7) is 1.86. The molecule has 2 heterocycles. The zero-order valence-electron chi connectivity index (χ0n) is 15.8. The van der Waals surface area contributed by atoms with Gasteiger partial charge in [0.2, 0.25) is 5.91 Å². The minimum atomic E-state index is -0.429. The van der Waals surface area contributed by atoms with Crippen molar-refractivity contribution in [2.45, 2.75) is 32.1 Å². The van der Waals surface area contributed by atoms with Gasteiger partial charge >= 0.3 is 0 Å². The van der Waals surface area contributed by atoms with E-state index >= 15 is 0 Å². The van der Waals surface area contributed by atoms with Gasteiger partial charge in [-0.15, -0.1) is 0 Å². The van der Waals surface area contributed by atoms with E-state index in [2.05, 4.69) is 10.6 Å². The van der Waals surface area contributed by atoms with Crippen LogP contribution in [0.4, 0.5) is 5.69 Å². The molecule has 0 bridgehead atoms. The molecule has 148 valence electrons. The summed E-state index contributed by atoms with van der Waals surface area (Å²) in [6.07, 6.45) is 6.10. The summed E-state index contributed by atoms with van der Waals surface area (Å²) in [6, 6.07) is 9.90. The Balaban J connectivity index is 1.54. The first kappa shape index (κ1) is 19.7. The van der Waals surface area contributed by atoms with E-state index in [0.29, 0.717) is 11.3 Å². The Labute approximate surface area is 164 Å². The molecule has 1 aromatic carbocycles. The molecule has 7 nitrogen and oxygen atoms in total. The Kier molecular flexibility index (Phi) is 6.84. The summed E-state index contributed by atoms with van der Waals surface area (Å²) in [7, 11) is 0. The van der Waals surface area contributed by atoms with Crippen LogP contribution in [0.1, 0.15) is 53.0 Å². The summed E-state index contributed by atoms with van der Waals surface area (Å²) < 4.78 is 5.07. The fourth-order valence-electron chi connectivity index (χ4n) is 3.24. The van der Waals surface area contributed by atoms with Crippen molar-refractivity contribution in [1.82, 2.24) is 10.2 Å². The fourth-order valence-corrected chi connectivity index (χ4v) is 3.24. The Morgan fingerprint density at radius 3 is 2.39 bits per heavy atom. The summed E-state index contributed by atoms with van der Waals surface area (Å²) in [4.78, 5) is 38.9. The number of benzene rings is 1. The minimum Gasteiger partial charge on any atom is -0.459 e. The van der Waals surface area contributed by atoms with E-state index in [9.17, 15) is 14.4 Å². The van der Waals surface area contributed by atoms with E-state index in [1.54, 1.807) is 36.4 Å². The van der Waals surface area contributed by atoms with Gasteiger partial charge in [-0.2, -0.15) is 0 Å². The molecule has 1 fully saturated rings. The van der Waals surface area contributed by atoms with Crippen LogP contribution in [0.15, 0.2) is 47.1 Å². The summed E-state index contributed by atoms with van der Waals surface area (Å²) in [5.41, 5.74) is 0.727. The van der Waals surface area contributed by atoms with Crippen LogP contribution in [-0.2, 0) is 4.79 Å². The molecule has 0 spiro atoms. The third kappa shape index (κ3) is 5.22. The van der Waals surface area contributed by atoms with E-state index in [4.69, 9.17) is 4.42 Å². The van der Waals surface area contributed by atoms with Crippen LogP contribution in [-0.4, -0.2) is 42.3 Å². The van der Waals surface area contributed by atoms with Gasteiger partial charge in [0.1, 0.15) is 0 Å². The molecule has 28 heavy (non-hydrogen) atoms. The molecule has 1 saturated heterocycles. The van der Waals surface area contributed by atoms with E-state index in [1.165, 1.54) is 19.1 Å². The van der Waals surface area contributed by atoms with Crippen molar-refractivity contribution in [2.24, 2.45) is 0 Å². The number of likely N-dealkylation sites (tertiary alicyclic amines) is 1. The second-order valence-corrected chi connectivity index (χ2v) is 6.78. The molecule has 1 aliphatic heterocycles. The Bertz CT molecular complexity index is 809. The Hall–Kier alpha value is -3.09. The highest BCUT2D eigenvalue weighted by Crippen LogP contribution is 2.16. The summed E-state index contributed by atoms with van der Waals surface area (Å²) >= 11 is 0. The maximum Gasteiger partial charge on any atom is 0.291 e. The molecule has 7 heteroatoms. The van der Waals surface area contributed by atoms with E-state index < -0.39 is 5.91 Å². The number of rotatable bonds is 6. The van der Waals surface area contributed by atoms with Crippen LogP contribution >= 0.6 is 0 Å². The topological polar surface area (TPSA) is 91.7 Å². The first-order valence-electron chi connectivity index (χ1n) is 9.65. The second-order valence-electron chi connectivity index (χ2n) is 6.78. The van der Waals surface area contributed by atoms with Crippen molar-refractivity contribution in [2.75, 3.05) is 25.0 Å². The number of nitrogens with one attached hydrogen (secondary N) is 2. The molecular formula is C21H25N3O4. The molecule has 3 amide bonds. The number of hydrogen-bond acceptors (Lipinski definition) is 4. The number of amides is 3. The predicted molar refractivity (Wildman–Crippen MR) is 105 cm³/mol. The van der Waals surface area contributed by atoms with Crippen molar-refractivity contribution in [3.8, 4) is 0 Å². The van der Waals surface area contributed by atoms with Crippen molar-refractivity contribution < 1.29 is 18.8 Å². The maximum atomic E-state index is 12.5. The monoisotopic (exact) mass is 383 g/mol. The number of nitrogens with zero attached hydrogens (tertiary/aromatic N) is 1. The number of hydrogen-bond donors (Lipinski definition) is 2. The van der Waals surface area contributed by atoms with Crippen LogP contribution in [0.25, 0.3) is 0 Å². The molecule has 2 N–H and O–H groups in total. The Morgan fingerprint density at radius 1 is 0.929 bits per heavy atom. The quantitative estimate of drug-likeness (QED) is 0.802. The number of carbonyl (C=O) groups is 3. The first-order chi connectivity index (χ1) is 13.6. The number of para-hydroxylation sites is 1. The van der Waals surface area contributed by atoms with Crippen molar-refractivity contribution in [3.05, 3.63) is 54.0 Å². The van der Waals surface area contributed by atoms with E-state index in [-0.39, 0.29) is 30.5 Å². The molecule has 2 aromatic rings. The standard InChI is InChI=1S/C21H25N3O4/c25-19(24-13-5-1-2-6-14-24)11-12-22-20(26)16-8-3-4-9-17(16)23-21(27)18-10-7-15-28-18/h3-4,7-10,15H,1-2,5-6,11-14H2,(H,22,26)(H,23,27). The average Bonchev–Trinajstić information content (AvgIpc) is 3.11. The lowest BCUT2D eigenvalue weighted by Gasteiger charge is -2.20. The molecular weight excluding hydrogens is 358 g/mol. The van der Waals surface area contributed by atoms with Gasteiger partial charge in [-0.05, 0) is 37.1 Å². The van der Waals surface area contributed by atoms with Gasteiger partial charge in [0.15, 0.2) is 5.76 Å². The predicted octanol–water partition coefficient (Wildman–Crippen LogP) is 3.05. The third-order valence-electron chi connectivity index (χ3n) is 4.75. The SMILES string of the molecule is O=C(Nc1ccccc1C(=O)NCCC(=O)N1CCCCCC1)c1ccco1. The molecule has 1 aromatic heterocycles. The zero-order chi connectivity index (χ0) is 19.8. The van der Waals surface area contributed by atoms with Gasteiger partial charge < -0.3 is 20.0 Å². The van der Waals surface area contributed by atoms with Gasteiger partial charge in [-0.25, -0.2) is 0 Å². The highest BCUT2D eigenvalue weighted by atomic mass is 16.3. The molecule has 1 aliphatic rings. The van der Waals surface area contributed by atoms with Gasteiger partial charge in [-0.1, -0.05) is 25.0 Å². The highest BCUT2D eigenvalue weighted by molar-refractivity contribution is 6.07. The van der Waals surface area contributed by atoms with Crippen molar-refractivity contribution in [3.63, 3.8) is 0 Å². The third-order valence-corrected chi connectivity index (χ3v) is 4.75. The van der Waals surface area contributed by atoms with Crippen molar-refractivity contribution in [1.29, 1.82) is 0 Å². The van der Waals surface area contributed by atoms with Gasteiger partial charge in [0.05, 0.1) is 17.5 Å². The van der Waals surface area contributed by atoms with Gasteiger partial charge in [0, 0.05) is 26.1 Å². The largest absolute Gasteiger partial charge is 0.459 e. The average molecular weight is 383 g/mol. The van der Waals surface area contributed by atoms with Crippen LogP contribution in [0.3, 0.4) is 0 Å². The van der Waals surface area contributed by atoms with E-state index in [1.807, 2.05) is 4.90 Å². The Morgan fingerprint density at radius 2 is 1.68 bits per heavy atom. The molecule has 0 saturated carbocycles. The molecule has 0 radical (unpaired) electrons. The molecule has 0 atom stereocenters. The molecule has 3 rings (SSSR count). The second kappa shape index (κ2) is 9.73. The summed E-state index contributed by atoms with van der Waals surface area (Å²) in [5, 5.41) is 5.45. The highest BCUT2D eigenvalue weighted by Gasteiger charge is 2.17. The lowest BCUT2D eigenvalue weighted by atomic mass is 10.1. The van der Waals surface area contributed by atoms with E-state index in [0.717, 1.165) is 25.9 Å². The lowest BCUT2D eigenvalue weighted by molar-refractivity contribution is -0.131. The van der Waals surface area contributed by atoms with Crippen LogP contribution < -0.4 is 10.6 Å². The number of furan rings is 1. The van der Waals surface area contributed by atoms with Gasteiger partial charge in [-0.3, -0.25) is 14.4 Å². The first-order valence-corrected chi connectivity index (χ1v) is 9.65. The minimum absolute atomic E-state index is 0.0709. The normalized spacial score (nSPS) is 14.2. The maximum absolute atomic E-state index is 12.5. The number of anilines is 1. The van der Waals surface area contributed by atoms with Crippen LogP contribution in [0, 0.1) is 0 Å². The molecule has 0 aliphatic carbocycles. The smallest absolute Gasteiger partial charge is 0.291 e. The van der Waals surface area contributed by atoms with Crippen LogP contribution in [0.2, 0.25) is 0 Å². The van der Waals surface area contributed by atoms with Crippen LogP contribution in [0.5, 0.6) is 0 Å². The number of carbonyl (C=O) groups excluding carboxylic acids is 3. The lowest BCUT2D eigenvalue weighted by Crippen LogP contribution is -2.35. The van der Waals surface area contributed by atoms with Crippen molar-refractivity contribution >= 4 is 23.4 Å². The molecule has 0 unspecified atom stereocenters. The fraction of sp³-hybridized carbons (Fsp3) is 0.381. The zero-order valence-corrected chi connectivity index (χ0v) is 15.8. The summed E-state index contributed by atoms with van der Waals surface area (Å²) in [5.74, 6) is -0.527.